The van der Waals surface area contributed by atoms with Crippen molar-refractivity contribution in [3.8, 4) is 0 Å². The molecule has 19 heavy (non-hydrogen) atoms. The first-order valence-corrected chi connectivity index (χ1v) is 7.62. The number of rotatable bonds is 7. The van der Waals surface area contributed by atoms with Crippen molar-refractivity contribution in [2.24, 2.45) is 11.3 Å². The van der Waals surface area contributed by atoms with Crippen molar-refractivity contribution in [3.05, 3.63) is 35.9 Å². The van der Waals surface area contributed by atoms with E-state index in [0.717, 1.165) is 5.92 Å². The minimum atomic E-state index is 0.442. The van der Waals surface area contributed by atoms with Gasteiger partial charge in [0, 0.05) is 6.04 Å². The second-order valence-electron chi connectivity index (χ2n) is 7.12. The summed E-state index contributed by atoms with van der Waals surface area (Å²) in [7, 11) is 2.10. The summed E-state index contributed by atoms with van der Waals surface area (Å²) >= 11 is 0. The Morgan fingerprint density at radius 1 is 1.11 bits per heavy atom. The van der Waals surface area contributed by atoms with Crippen molar-refractivity contribution < 1.29 is 0 Å². The first-order chi connectivity index (χ1) is 8.90. The van der Waals surface area contributed by atoms with Crippen molar-refractivity contribution in [1.82, 2.24) is 5.32 Å². The Kier molecular flexibility index (Phi) is 6.57. The van der Waals surface area contributed by atoms with Crippen LogP contribution in [0.2, 0.25) is 0 Å². The van der Waals surface area contributed by atoms with E-state index in [1.165, 1.54) is 31.2 Å². The van der Waals surface area contributed by atoms with Gasteiger partial charge < -0.3 is 5.32 Å². The van der Waals surface area contributed by atoms with E-state index in [1.807, 2.05) is 0 Å². The third-order valence-corrected chi connectivity index (χ3v) is 3.68. The largest absolute Gasteiger partial charge is 0.317 e. The van der Waals surface area contributed by atoms with Gasteiger partial charge in [0.2, 0.25) is 0 Å². The number of hydrogen-bond donors (Lipinski definition) is 1. The second kappa shape index (κ2) is 7.69. The van der Waals surface area contributed by atoms with E-state index in [2.05, 4.69) is 70.4 Å². The van der Waals surface area contributed by atoms with E-state index in [0.29, 0.717) is 11.5 Å². The maximum atomic E-state index is 3.49. The molecule has 2 atom stereocenters. The molecule has 0 aliphatic heterocycles. The molecular weight excluding hydrogens is 230 g/mol. The van der Waals surface area contributed by atoms with Crippen LogP contribution in [0.1, 0.15) is 52.5 Å². The molecule has 0 fully saturated rings. The smallest absolute Gasteiger partial charge is 0.00697 e. The third-order valence-electron chi connectivity index (χ3n) is 3.68. The fourth-order valence-corrected chi connectivity index (χ4v) is 2.98. The van der Waals surface area contributed by atoms with Gasteiger partial charge in [-0.1, -0.05) is 58.0 Å². The predicted molar refractivity (Wildman–Crippen MR) is 85.5 cm³/mol. The van der Waals surface area contributed by atoms with Gasteiger partial charge in [-0.15, -0.1) is 0 Å². The van der Waals surface area contributed by atoms with Crippen LogP contribution in [-0.4, -0.2) is 13.1 Å². The van der Waals surface area contributed by atoms with Gasteiger partial charge in [0.1, 0.15) is 0 Å². The molecule has 1 heteroatoms. The van der Waals surface area contributed by atoms with Crippen LogP contribution in [0, 0.1) is 11.3 Å². The maximum absolute atomic E-state index is 3.49. The van der Waals surface area contributed by atoms with E-state index >= 15 is 0 Å². The average molecular weight is 261 g/mol. The highest BCUT2D eigenvalue weighted by molar-refractivity contribution is 5.14. The van der Waals surface area contributed by atoms with Gasteiger partial charge in [0.15, 0.2) is 0 Å². The highest BCUT2D eigenvalue weighted by Gasteiger charge is 2.18. The lowest BCUT2D eigenvalue weighted by atomic mass is 9.82. The van der Waals surface area contributed by atoms with Gasteiger partial charge in [-0.3, -0.25) is 0 Å². The van der Waals surface area contributed by atoms with Crippen molar-refractivity contribution >= 4 is 0 Å². The number of benzene rings is 1. The molecule has 0 radical (unpaired) electrons. The van der Waals surface area contributed by atoms with E-state index in [1.54, 1.807) is 0 Å². The number of nitrogens with one attached hydrogen (secondary N) is 1. The molecule has 1 rings (SSSR count). The molecular formula is C18H31N. The maximum Gasteiger partial charge on any atom is 0.00697 e. The van der Waals surface area contributed by atoms with Crippen LogP contribution in [0.15, 0.2) is 30.3 Å². The normalized spacial score (nSPS) is 15.2. The van der Waals surface area contributed by atoms with Gasteiger partial charge in [0.05, 0.1) is 0 Å². The molecule has 1 nitrogen and oxygen atoms in total. The fraction of sp³-hybridized carbons (Fsp3) is 0.667. The highest BCUT2D eigenvalue weighted by atomic mass is 14.9. The zero-order valence-corrected chi connectivity index (χ0v) is 13.4. The van der Waals surface area contributed by atoms with Crippen molar-refractivity contribution in [2.45, 2.75) is 59.4 Å². The Hall–Kier alpha value is -0.820. The molecule has 0 amide bonds. The summed E-state index contributed by atoms with van der Waals surface area (Å²) < 4.78 is 0. The number of hydrogen-bond acceptors (Lipinski definition) is 1. The van der Waals surface area contributed by atoms with Crippen LogP contribution >= 0.6 is 0 Å². The van der Waals surface area contributed by atoms with Crippen LogP contribution in [0.3, 0.4) is 0 Å². The molecule has 2 unspecified atom stereocenters. The molecule has 1 N–H and O–H groups in total. The third kappa shape index (κ3) is 7.37. The minimum absolute atomic E-state index is 0.442. The molecule has 0 aliphatic rings. The zero-order valence-electron chi connectivity index (χ0n) is 13.4. The summed E-state index contributed by atoms with van der Waals surface area (Å²) in [6.45, 7) is 9.39. The standard InChI is InChI=1S/C18H31N/c1-15(14-18(2,3)4)13-17(19-5)12-11-16-9-7-6-8-10-16/h6-10,15,17,19H,11-14H2,1-5H3. The van der Waals surface area contributed by atoms with Gasteiger partial charge in [-0.05, 0) is 49.6 Å². The Labute approximate surface area is 119 Å². The summed E-state index contributed by atoms with van der Waals surface area (Å²) in [5.41, 5.74) is 1.89. The van der Waals surface area contributed by atoms with E-state index in [4.69, 9.17) is 0 Å². The average Bonchev–Trinajstić information content (AvgIpc) is 2.33. The molecule has 0 heterocycles. The Morgan fingerprint density at radius 2 is 1.74 bits per heavy atom. The van der Waals surface area contributed by atoms with Gasteiger partial charge in [0.25, 0.3) is 0 Å². The first kappa shape index (κ1) is 16.2. The Morgan fingerprint density at radius 3 is 2.26 bits per heavy atom. The lowest BCUT2D eigenvalue weighted by Gasteiger charge is -2.26. The molecule has 1 aromatic carbocycles. The zero-order chi connectivity index (χ0) is 14.3. The number of aryl methyl sites for hydroxylation is 1. The van der Waals surface area contributed by atoms with Crippen LogP contribution in [-0.2, 0) is 6.42 Å². The monoisotopic (exact) mass is 261 g/mol. The molecule has 0 saturated carbocycles. The molecule has 0 saturated heterocycles. The fourth-order valence-electron chi connectivity index (χ4n) is 2.98. The van der Waals surface area contributed by atoms with Crippen LogP contribution < -0.4 is 5.32 Å². The van der Waals surface area contributed by atoms with Gasteiger partial charge >= 0.3 is 0 Å². The highest BCUT2D eigenvalue weighted by Crippen LogP contribution is 2.27. The molecule has 0 aliphatic carbocycles. The lowest BCUT2D eigenvalue weighted by Crippen LogP contribution is -2.29. The SMILES string of the molecule is CNC(CCc1ccccc1)CC(C)CC(C)(C)C. The van der Waals surface area contributed by atoms with Crippen molar-refractivity contribution in [2.75, 3.05) is 7.05 Å². The first-order valence-electron chi connectivity index (χ1n) is 7.62. The van der Waals surface area contributed by atoms with Gasteiger partial charge in [-0.25, -0.2) is 0 Å². The Bertz CT molecular complexity index is 336. The summed E-state index contributed by atoms with van der Waals surface area (Å²) in [6.07, 6.45) is 4.99. The summed E-state index contributed by atoms with van der Waals surface area (Å²) in [4.78, 5) is 0. The van der Waals surface area contributed by atoms with Gasteiger partial charge in [-0.2, -0.15) is 0 Å². The summed E-state index contributed by atoms with van der Waals surface area (Å²) in [5.74, 6) is 0.785. The second-order valence-corrected chi connectivity index (χ2v) is 7.12. The van der Waals surface area contributed by atoms with Crippen molar-refractivity contribution in [3.63, 3.8) is 0 Å². The minimum Gasteiger partial charge on any atom is -0.317 e. The molecule has 108 valence electrons. The van der Waals surface area contributed by atoms with Crippen LogP contribution in [0.4, 0.5) is 0 Å². The van der Waals surface area contributed by atoms with Crippen molar-refractivity contribution in [1.29, 1.82) is 0 Å². The molecule has 0 bridgehead atoms. The summed E-state index contributed by atoms with van der Waals surface area (Å²) in [6, 6.07) is 11.4. The molecule has 1 aromatic rings. The van der Waals surface area contributed by atoms with E-state index in [-0.39, 0.29) is 0 Å². The predicted octanol–water partition coefficient (Wildman–Crippen LogP) is 4.67. The van der Waals surface area contributed by atoms with E-state index in [9.17, 15) is 0 Å². The topological polar surface area (TPSA) is 12.0 Å². The Balaban J connectivity index is 2.37. The van der Waals surface area contributed by atoms with E-state index < -0.39 is 0 Å². The lowest BCUT2D eigenvalue weighted by molar-refractivity contribution is 0.274. The quantitative estimate of drug-likeness (QED) is 0.752. The van der Waals surface area contributed by atoms with Crippen LogP contribution in [0.25, 0.3) is 0 Å². The molecule has 0 aromatic heterocycles. The summed E-state index contributed by atoms with van der Waals surface area (Å²) in [5, 5.41) is 3.49. The van der Waals surface area contributed by atoms with Crippen LogP contribution in [0.5, 0.6) is 0 Å². The molecule has 0 spiro atoms.